The SMILES string of the molecule is COc1ccc(Cc2nc(NC(=O)C3CC(=O)N(c4ccccc4)C3)n[nH]2)cc1. The van der Waals surface area contributed by atoms with Crippen LogP contribution in [0.2, 0.25) is 0 Å². The maximum absolute atomic E-state index is 12.6. The number of hydrogen-bond donors (Lipinski definition) is 2. The van der Waals surface area contributed by atoms with Crippen LogP contribution in [-0.4, -0.2) is 40.7 Å². The Morgan fingerprint density at radius 3 is 2.69 bits per heavy atom. The van der Waals surface area contributed by atoms with Gasteiger partial charge in [0, 0.05) is 25.1 Å². The quantitative estimate of drug-likeness (QED) is 0.672. The smallest absolute Gasteiger partial charge is 0.248 e. The molecule has 2 heterocycles. The van der Waals surface area contributed by atoms with E-state index in [4.69, 9.17) is 4.74 Å². The highest BCUT2D eigenvalue weighted by atomic mass is 16.5. The van der Waals surface area contributed by atoms with Gasteiger partial charge >= 0.3 is 0 Å². The van der Waals surface area contributed by atoms with Gasteiger partial charge in [-0.2, -0.15) is 4.98 Å². The van der Waals surface area contributed by atoms with Crippen molar-refractivity contribution in [3.05, 3.63) is 66.0 Å². The molecule has 2 amide bonds. The average molecular weight is 391 g/mol. The molecule has 0 saturated carbocycles. The molecule has 1 aliphatic rings. The lowest BCUT2D eigenvalue weighted by molar-refractivity contribution is -0.122. The van der Waals surface area contributed by atoms with Crippen LogP contribution >= 0.6 is 0 Å². The molecule has 29 heavy (non-hydrogen) atoms. The minimum absolute atomic E-state index is 0.0634. The van der Waals surface area contributed by atoms with Gasteiger partial charge in [0.25, 0.3) is 0 Å². The van der Waals surface area contributed by atoms with Crippen molar-refractivity contribution in [2.45, 2.75) is 12.8 Å². The number of aromatic nitrogens is 3. The summed E-state index contributed by atoms with van der Waals surface area (Å²) >= 11 is 0. The third-order valence-electron chi connectivity index (χ3n) is 4.86. The number of aromatic amines is 1. The highest BCUT2D eigenvalue weighted by molar-refractivity contribution is 6.03. The van der Waals surface area contributed by atoms with E-state index in [1.165, 1.54) is 0 Å². The average Bonchev–Trinajstić information content (AvgIpc) is 3.35. The van der Waals surface area contributed by atoms with Crippen LogP contribution in [0.1, 0.15) is 17.8 Å². The van der Waals surface area contributed by atoms with Crippen LogP contribution in [0.4, 0.5) is 11.6 Å². The van der Waals surface area contributed by atoms with E-state index in [1.807, 2.05) is 54.6 Å². The Morgan fingerprint density at radius 2 is 1.97 bits per heavy atom. The van der Waals surface area contributed by atoms with Gasteiger partial charge in [0.2, 0.25) is 17.8 Å². The number of nitrogens with one attached hydrogen (secondary N) is 2. The van der Waals surface area contributed by atoms with Crippen molar-refractivity contribution in [3.8, 4) is 5.75 Å². The Bertz CT molecular complexity index is 1000. The molecular weight excluding hydrogens is 370 g/mol. The molecule has 8 nitrogen and oxygen atoms in total. The number of ether oxygens (including phenoxy) is 1. The molecule has 0 radical (unpaired) electrons. The van der Waals surface area contributed by atoms with Gasteiger partial charge in [0.05, 0.1) is 13.0 Å². The fourth-order valence-electron chi connectivity index (χ4n) is 3.32. The van der Waals surface area contributed by atoms with Crippen LogP contribution in [0.25, 0.3) is 0 Å². The van der Waals surface area contributed by atoms with Gasteiger partial charge < -0.3 is 9.64 Å². The van der Waals surface area contributed by atoms with E-state index in [-0.39, 0.29) is 24.2 Å². The first-order valence-electron chi connectivity index (χ1n) is 9.33. The highest BCUT2D eigenvalue weighted by Gasteiger charge is 2.35. The zero-order chi connectivity index (χ0) is 20.2. The fraction of sp³-hybridized carbons (Fsp3) is 0.238. The number of carbonyl (C=O) groups excluding carboxylic acids is 2. The molecule has 8 heteroatoms. The Kier molecular flexibility index (Phi) is 5.24. The molecule has 1 aromatic heterocycles. The van der Waals surface area contributed by atoms with Crippen molar-refractivity contribution < 1.29 is 14.3 Å². The number of carbonyl (C=O) groups is 2. The molecule has 1 atom stereocenters. The standard InChI is InChI=1S/C21H21N5O3/c1-29-17-9-7-14(8-10-17)11-18-22-21(25-24-18)23-20(28)15-12-19(27)26(13-15)16-5-3-2-4-6-16/h2-10,15H,11-13H2,1H3,(H2,22,23,24,25,28). The second kappa shape index (κ2) is 8.14. The van der Waals surface area contributed by atoms with Gasteiger partial charge in [-0.3, -0.25) is 20.0 Å². The van der Waals surface area contributed by atoms with Crippen molar-refractivity contribution in [1.29, 1.82) is 0 Å². The summed E-state index contributed by atoms with van der Waals surface area (Å²) in [5.74, 6) is 0.877. The third kappa shape index (κ3) is 4.26. The van der Waals surface area contributed by atoms with E-state index >= 15 is 0 Å². The van der Waals surface area contributed by atoms with Crippen LogP contribution in [0.5, 0.6) is 5.75 Å². The molecule has 2 aromatic carbocycles. The molecule has 4 rings (SSSR count). The number of hydrogen-bond acceptors (Lipinski definition) is 5. The van der Waals surface area contributed by atoms with E-state index in [0.29, 0.717) is 18.8 Å². The normalized spacial score (nSPS) is 16.1. The van der Waals surface area contributed by atoms with Crippen LogP contribution in [-0.2, 0) is 16.0 Å². The van der Waals surface area contributed by atoms with Gasteiger partial charge in [-0.15, -0.1) is 5.10 Å². The number of methoxy groups -OCH3 is 1. The minimum Gasteiger partial charge on any atom is -0.497 e. The van der Waals surface area contributed by atoms with Gasteiger partial charge in [-0.25, -0.2) is 0 Å². The molecule has 1 aliphatic heterocycles. The number of para-hydroxylation sites is 1. The first kappa shape index (κ1) is 18.7. The summed E-state index contributed by atoms with van der Waals surface area (Å²) in [5, 5.41) is 9.61. The van der Waals surface area contributed by atoms with E-state index < -0.39 is 5.92 Å². The lowest BCUT2D eigenvalue weighted by Crippen LogP contribution is -2.28. The van der Waals surface area contributed by atoms with Crippen molar-refractivity contribution in [1.82, 2.24) is 15.2 Å². The number of nitrogens with zero attached hydrogens (tertiary/aromatic N) is 3. The van der Waals surface area contributed by atoms with E-state index in [9.17, 15) is 9.59 Å². The predicted molar refractivity (Wildman–Crippen MR) is 108 cm³/mol. The summed E-state index contributed by atoms with van der Waals surface area (Å²) in [7, 11) is 1.62. The first-order chi connectivity index (χ1) is 14.1. The molecular formula is C21H21N5O3. The van der Waals surface area contributed by atoms with Crippen LogP contribution in [0, 0.1) is 5.92 Å². The maximum Gasteiger partial charge on any atom is 0.248 e. The molecule has 0 aliphatic carbocycles. The fourth-order valence-corrected chi connectivity index (χ4v) is 3.32. The molecule has 0 spiro atoms. The summed E-state index contributed by atoms with van der Waals surface area (Å²) in [6.07, 6.45) is 0.723. The van der Waals surface area contributed by atoms with E-state index in [1.54, 1.807) is 12.0 Å². The van der Waals surface area contributed by atoms with Crippen LogP contribution in [0.15, 0.2) is 54.6 Å². The van der Waals surface area contributed by atoms with Gasteiger partial charge in [-0.1, -0.05) is 30.3 Å². The maximum atomic E-state index is 12.6. The number of anilines is 2. The Morgan fingerprint density at radius 1 is 1.21 bits per heavy atom. The summed E-state index contributed by atoms with van der Waals surface area (Å²) in [5.41, 5.74) is 1.84. The molecule has 2 N–H and O–H groups in total. The van der Waals surface area contributed by atoms with Crippen LogP contribution < -0.4 is 15.0 Å². The zero-order valence-corrected chi connectivity index (χ0v) is 16.0. The summed E-state index contributed by atoms with van der Waals surface area (Å²) < 4.78 is 5.15. The number of benzene rings is 2. The largest absolute Gasteiger partial charge is 0.497 e. The Hall–Kier alpha value is -3.68. The Labute approximate surface area is 167 Å². The highest BCUT2D eigenvalue weighted by Crippen LogP contribution is 2.25. The number of amides is 2. The van der Waals surface area contributed by atoms with Gasteiger partial charge in [-0.05, 0) is 29.8 Å². The predicted octanol–water partition coefficient (Wildman–Crippen LogP) is 2.40. The van der Waals surface area contributed by atoms with Gasteiger partial charge in [0.15, 0.2) is 0 Å². The number of H-pyrrole nitrogens is 1. The monoisotopic (exact) mass is 391 g/mol. The molecule has 3 aromatic rings. The van der Waals surface area contributed by atoms with Crippen molar-refractivity contribution in [3.63, 3.8) is 0 Å². The van der Waals surface area contributed by atoms with Crippen molar-refractivity contribution in [2.24, 2.45) is 5.92 Å². The number of rotatable bonds is 6. The lowest BCUT2D eigenvalue weighted by atomic mass is 10.1. The summed E-state index contributed by atoms with van der Waals surface area (Å²) in [4.78, 5) is 30.8. The van der Waals surface area contributed by atoms with E-state index in [0.717, 1.165) is 17.0 Å². The van der Waals surface area contributed by atoms with E-state index in [2.05, 4.69) is 20.5 Å². The van der Waals surface area contributed by atoms with Crippen molar-refractivity contribution in [2.75, 3.05) is 23.9 Å². The van der Waals surface area contributed by atoms with Gasteiger partial charge in [0.1, 0.15) is 11.6 Å². The first-order valence-corrected chi connectivity index (χ1v) is 9.33. The van der Waals surface area contributed by atoms with Crippen molar-refractivity contribution >= 4 is 23.5 Å². The molecule has 148 valence electrons. The second-order valence-electron chi connectivity index (χ2n) is 6.86. The minimum atomic E-state index is -0.439. The summed E-state index contributed by atoms with van der Waals surface area (Å²) in [6.45, 7) is 0.345. The Balaban J connectivity index is 1.36. The topological polar surface area (TPSA) is 100 Å². The molecule has 1 saturated heterocycles. The summed E-state index contributed by atoms with van der Waals surface area (Å²) in [6, 6.07) is 17.0. The zero-order valence-electron chi connectivity index (χ0n) is 16.0. The lowest BCUT2D eigenvalue weighted by Gasteiger charge is -2.16. The third-order valence-corrected chi connectivity index (χ3v) is 4.86. The molecule has 0 bridgehead atoms. The second-order valence-corrected chi connectivity index (χ2v) is 6.86. The molecule has 1 unspecified atom stereocenters. The van der Waals surface area contributed by atoms with Crippen LogP contribution in [0.3, 0.4) is 0 Å². The molecule has 1 fully saturated rings.